The highest BCUT2D eigenvalue weighted by Gasteiger charge is 2.44. The number of rotatable bonds is 21. The van der Waals surface area contributed by atoms with Gasteiger partial charge in [-0.2, -0.15) is 0 Å². The van der Waals surface area contributed by atoms with E-state index < -0.39 is 255 Å². The molecule has 4 aliphatic heterocycles. The normalized spacial score (nSPS) is 24.2. The highest BCUT2D eigenvalue weighted by molar-refractivity contribution is 6.02. The van der Waals surface area contributed by atoms with Gasteiger partial charge in [0.1, 0.15) is 97.0 Å². The minimum atomic E-state index is -2.28. The van der Waals surface area contributed by atoms with E-state index in [2.05, 4.69) is 84.4 Å². The van der Waals surface area contributed by atoms with Crippen LogP contribution in [0.4, 0.5) is 0 Å². The molecule has 41 heteroatoms. The van der Waals surface area contributed by atoms with E-state index in [1.807, 2.05) is 0 Å². The van der Waals surface area contributed by atoms with E-state index in [-0.39, 0.29) is 76.8 Å². The molecular formula is C80H105N19O22. The van der Waals surface area contributed by atoms with Crippen molar-refractivity contribution in [3.05, 3.63) is 102 Å². The fourth-order valence-electron chi connectivity index (χ4n) is 14.5. The summed E-state index contributed by atoms with van der Waals surface area (Å²) in [5.74, 6) is -21.0. The summed E-state index contributed by atoms with van der Waals surface area (Å²) in [6, 6.07) is -2.88. The highest BCUT2D eigenvalue weighted by Crippen LogP contribution is 2.25. The number of phenolic OH excluding ortho intramolecular Hbond substituents is 1. The first-order valence-corrected chi connectivity index (χ1v) is 40.1. The van der Waals surface area contributed by atoms with Gasteiger partial charge in [0.25, 0.3) is 0 Å². The average Bonchev–Trinajstić information content (AvgIpc) is 1.67. The third-order valence-electron chi connectivity index (χ3n) is 21.3. The number of benzene rings is 3. The van der Waals surface area contributed by atoms with E-state index in [1.54, 1.807) is 68.4 Å². The van der Waals surface area contributed by atoms with Crippen molar-refractivity contribution in [1.29, 1.82) is 5.41 Å². The van der Waals surface area contributed by atoms with E-state index in [0.717, 1.165) is 18.7 Å². The smallest absolute Gasteiger partial charge is 0.326 e. The second-order valence-corrected chi connectivity index (χ2v) is 30.4. The van der Waals surface area contributed by atoms with Crippen LogP contribution in [0.1, 0.15) is 128 Å². The zero-order chi connectivity index (χ0) is 87.7. The number of carboxylic acids is 1. The van der Waals surface area contributed by atoms with Crippen LogP contribution in [0.15, 0.2) is 85.1 Å². The summed E-state index contributed by atoms with van der Waals surface area (Å²) in [6.07, 6.45) is -6.16. The number of hydrogen-bond donors (Lipinski definition) is 21. The molecule has 14 amide bonds. The first kappa shape index (κ1) is 91.7. The number of guanidine groups is 1. The molecule has 4 bridgehead atoms. The number of aliphatic carboxylic acids is 1. The monoisotopic (exact) mass is 1680 g/mol. The van der Waals surface area contributed by atoms with Gasteiger partial charge in [0.15, 0.2) is 5.96 Å². The van der Waals surface area contributed by atoms with Crippen molar-refractivity contribution in [3.63, 3.8) is 0 Å². The summed E-state index contributed by atoms with van der Waals surface area (Å²) < 4.78 is 11.5. The van der Waals surface area contributed by atoms with Gasteiger partial charge in [-0.3, -0.25) is 82.1 Å². The molecule has 5 aromatic rings. The fraction of sp³-hybridized carbons (Fsp3) is 0.500. The van der Waals surface area contributed by atoms with Crippen molar-refractivity contribution in [2.24, 2.45) is 11.7 Å². The van der Waals surface area contributed by atoms with Crippen LogP contribution in [-0.2, 0) is 110 Å². The molecule has 0 spiro atoms. The number of carbonyl (C=O) groups is 17. The zero-order valence-electron chi connectivity index (χ0n) is 67.2. The third kappa shape index (κ3) is 26.1. The maximum Gasteiger partial charge on any atom is 0.326 e. The summed E-state index contributed by atoms with van der Waals surface area (Å²) in [7, 11) is 0. The number of aliphatic hydroxyl groups excluding tert-OH is 1. The predicted molar refractivity (Wildman–Crippen MR) is 429 cm³/mol. The Balaban J connectivity index is 1.20. The van der Waals surface area contributed by atoms with E-state index >= 15 is 47.9 Å². The lowest BCUT2D eigenvalue weighted by Crippen LogP contribution is -2.63. The zero-order valence-corrected chi connectivity index (χ0v) is 67.2. The molecule has 9 rings (SSSR count). The Morgan fingerprint density at radius 1 is 0.661 bits per heavy atom. The fourth-order valence-corrected chi connectivity index (χ4v) is 14.5. The van der Waals surface area contributed by atoms with Crippen molar-refractivity contribution in [1.82, 2.24) is 89.3 Å². The number of aromatic nitrogens is 2. The number of para-hydroxylation sites is 2. The SMILES string of the molecule is CCC(C)C(NC(C)=O)C(=O)NC(CO)C(=O)NC1C(=O)NC(CCCNC(=N)N)C(=O)NC2CCCCNC(=O)CCC(C(=O)NC(Cc3cc4ccccc4[nH]3)C(=O)O)NC(=O)C3CCC(=O)OCC(NC(=O)C4CCCN4C(=O)C(Cc4ccc(O)cc4)NC2=O)C(=O)NC(CC(=O)OC1C)C(=O)NC(Cc1c[nH]c2ccccc12)C(=O)N3. The van der Waals surface area contributed by atoms with Gasteiger partial charge in [-0.15, -0.1) is 0 Å². The van der Waals surface area contributed by atoms with Gasteiger partial charge >= 0.3 is 17.9 Å². The lowest BCUT2D eigenvalue weighted by molar-refractivity contribution is -0.154. The maximum absolute atomic E-state index is 15.6. The van der Waals surface area contributed by atoms with Crippen LogP contribution in [0, 0.1) is 11.3 Å². The van der Waals surface area contributed by atoms with Crippen LogP contribution in [0.2, 0.25) is 0 Å². The number of fused-ring (bicyclic) bond motifs is 14. The van der Waals surface area contributed by atoms with Gasteiger partial charge in [0.05, 0.1) is 13.0 Å². The van der Waals surface area contributed by atoms with Crippen molar-refractivity contribution in [2.45, 2.75) is 215 Å². The number of H-pyrrole nitrogens is 2. The molecule has 4 aliphatic rings. The topological polar surface area (TPSA) is 622 Å². The molecule has 15 unspecified atom stereocenters. The van der Waals surface area contributed by atoms with Gasteiger partial charge in [-0.1, -0.05) is 68.8 Å². The molecule has 6 heterocycles. The molecule has 41 nitrogen and oxygen atoms in total. The molecule has 4 saturated heterocycles. The molecule has 15 atom stereocenters. The Bertz CT molecular complexity index is 4630. The molecule has 0 saturated carbocycles. The van der Waals surface area contributed by atoms with E-state index in [9.17, 15) is 48.9 Å². The first-order valence-electron chi connectivity index (χ1n) is 40.1. The summed E-state index contributed by atoms with van der Waals surface area (Å²) in [4.78, 5) is 258. The molecule has 121 heavy (non-hydrogen) atoms. The van der Waals surface area contributed by atoms with Crippen LogP contribution < -0.4 is 80.2 Å². The number of carbonyl (C=O) groups excluding carboxylic acids is 16. The number of carboxylic acid groups (broad SMARTS) is 1. The standard InChI is InChI=1S/C80H105N19O22/c1-5-40(2)65(86-42(4)101)76(115)96-59(38-100)73(112)98-66-41(3)121-64(105)36-56-72(111)92-55(34-45-37-85-50-17-9-7-15-48(45)50)71(110)90-54-26-28-63(104)120-39-60(74(113)93-56)97-75(114)61-20-13-31-99(61)78(117)57(32-43-21-23-47(102)24-22-43)94-68(107)51(88-67(106)52(91-77(66)116)19-12-30-84-80(81)82)18-10-11-29-83-62(103)27-25-53(89-69(54)108)70(109)95-58(79(118)119)35-46-33-44-14-6-8-16-49(44)87-46/h6-9,14-17,21-24,33,37,40-41,51-61,65-66,85,87,100,102H,5,10-13,18-20,25-32,34-36,38-39H2,1-4H3,(H,83,103)(H,86,101)(H,88,106)(H,89,108)(H,90,110)(H,91,116)(H,92,111)(H,93,113)(H,94,107)(H,95,109)(H,96,115)(H,97,114)(H,98,112)(H,118,119)(H4,81,82,84). The molecule has 2 aromatic heterocycles. The van der Waals surface area contributed by atoms with Crippen molar-refractivity contribution in [2.75, 3.05) is 32.8 Å². The van der Waals surface area contributed by atoms with Crippen LogP contribution in [-0.4, -0.2) is 254 Å². The summed E-state index contributed by atoms with van der Waals surface area (Å²) in [6.45, 7) is 2.75. The largest absolute Gasteiger partial charge is 0.508 e. The molecule has 3 aromatic carbocycles. The Morgan fingerprint density at radius 3 is 2.02 bits per heavy atom. The van der Waals surface area contributed by atoms with E-state index in [1.165, 1.54) is 30.5 Å². The predicted octanol–water partition coefficient (Wildman–Crippen LogP) is -3.65. The van der Waals surface area contributed by atoms with Crippen LogP contribution in [0.25, 0.3) is 21.8 Å². The van der Waals surface area contributed by atoms with Gasteiger partial charge in [0, 0.05) is 87.0 Å². The third-order valence-corrected chi connectivity index (χ3v) is 21.3. The molecule has 0 aliphatic carbocycles. The lowest BCUT2D eigenvalue weighted by atomic mass is 9.98. The Labute approximate surface area is 693 Å². The molecule has 0 radical (unpaired) electrons. The lowest BCUT2D eigenvalue weighted by Gasteiger charge is -2.31. The van der Waals surface area contributed by atoms with Crippen molar-refractivity contribution >= 4 is 128 Å². The van der Waals surface area contributed by atoms with Gasteiger partial charge in [-0.05, 0) is 117 Å². The molecule has 4 fully saturated rings. The molecular weight excluding hydrogens is 1580 g/mol. The van der Waals surface area contributed by atoms with Crippen LogP contribution in [0.3, 0.4) is 0 Å². The number of phenols is 1. The van der Waals surface area contributed by atoms with Crippen molar-refractivity contribution in [3.8, 4) is 5.75 Å². The second-order valence-electron chi connectivity index (χ2n) is 30.4. The number of aromatic amines is 2. The highest BCUT2D eigenvalue weighted by atomic mass is 16.5. The number of nitrogens with zero attached hydrogens (tertiary/aromatic N) is 1. The van der Waals surface area contributed by atoms with Gasteiger partial charge in [-0.25, -0.2) is 4.79 Å². The van der Waals surface area contributed by atoms with Crippen LogP contribution >= 0.6 is 0 Å². The van der Waals surface area contributed by atoms with E-state index in [4.69, 9.17) is 20.6 Å². The number of esters is 2. The Hall–Kier alpha value is -13.2. The Kier molecular flexibility index (Phi) is 32.9. The van der Waals surface area contributed by atoms with Gasteiger partial charge in [0.2, 0.25) is 82.7 Å². The average molecular weight is 1680 g/mol. The number of aromatic hydroxyl groups is 1. The first-order chi connectivity index (χ1) is 57.7. The molecule has 652 valence electrons. The van der Waals surface area contributed by atoms with Crippen molar-refractivity contribution < 1.29 is 106 Å². The number of aliphatic hydroxyl groups is 1. The number of hydrogen-bond acceptors (Lipinski definition) is 22. The second kappa shape index (κ2) is 43.5. The maximum atomic E-state index is 15.6. The quantitative estimate of drug-likeness (QED) is 0.0146. The number of ether oxygens (including phenoxy) is 2. The van der Waals surface area contributed by atoms with Gasteiger partial charge < -0.3 is 120 Å². The summed E-state index contributed by atoms with van der Waals surface area (Å²) in [5, 5.41) is 76.1. The minimum Gasteiger partial charge on any atom is -0.508 e. The summed E-state index contributed by atoms with van der Waals surface area (Å²) in [5.41, 5.74) is 7.86. The summed E-state index contributed by atoms with van der Waals surface area (Å²) >= 11 is 0. The number of nitrogens with one attached hydrogen (secondary N) is 17. The molecule has 22 N–H and O–H groups in total. The van der Waals surface area contributed by atoms with Crippen LogP contribution in [0.5, 0.6) is 5.75 Å². The minimum absolute atomic E-state index is 0.00153. The Morgan fingerprint density at radius 2 is 1.31 bits per heavy atom. The van der Waals surface area contributed by atoms with E-state index in [0.29, 0.717) is 45.0 Å². The number of amides is 14. The number of nitrogens with two attached hydrogens (primary N) is 1. The number of cyclic esters (lactones) is 1.